The number of hydrogen-bond acceptors (Lipinski definition) is 1. The van der Waals surface area contributed by atoms with E-state index in [0.29, 0.717) is 0 Å². The quantitative estimate of drug-likeness (QED) is 0.585. The average molecular weight is 180 g/mol. The van der Waals surface area contributed by atoms with Crippen molar-refractivity contribution in [1.29, 1.82) is 0 Å². The van der Waals surface area contributed by atoms with E-state index >= 15 is 0 Å². The molecule has 0 aromatic heterocycles. The number of amides is 1. The number of carbonyl (C=O) groups is 1. The van der Waals surface area contributed by atoms with Gasteiger partial charge < -0.3 is 17.8 Å². The van der Waals surface area contributed by atoms with E-state index in [1.165, 1.54) is 0 Å². The van der Waals surface area contributed by atoms with E-state index in [1.807, 2.05) is 0 Å². The summed E-state index contributed by atoms with van der Waals surface area (Å²) < 4.78 is 35.6. The molecule has 0 saturated carbocycles. The van der Waals surface area contributed by atoms with Gasteiger partial charge in [0.1, 0.15) is 0 Å². The highest BCUT2D eigenvalue weighted by atomic mass is 19.4. The topological polar surface area (TPSA) is 20.3 Å². The molecule has 1 fully saturated rings. The van der Waals surface area contributed by atoms with E-state index in [9.17, 15) is 17.7 Å². The van der Waals surface area contributed by atoms with Crippen LogP contribution in [0.3, 0.4) is 0 Å². The van der Waals surface area contributed by atoms with Crippen LogP contribution >= 0.6 is 0 Å². The fourth-order valence-corrected chi connectivity index (χ4v) is 1.40. The monoisotopic (exact) mass is 180 g/mol. The van der Waals surface area contributed by atoms with Crippen molar-refractivity contribution in [3.05, 3.63) is 0 Å². The van der Waals surface area contributed by atoms with Crippen molar-refractivity contribution in [2.45, 2.75) is 13.3 Å². The van der Waals surface area contributed by atoms with E-state index in [2.05, 4.69) is 0 Å². The fourth-order valence-electron chi connectivity index (χ4n) is 1.40. The van der Waals surface area contributed by atoms with Crippen LogP contribution < -0.4 is 0 Å². The van der Waals surface area contributed by atoms with Gasteiger partial charge in [-0.2, -0.15) is 0 Å². The van der Waals surface area contributed by atoms with Gasteiger partial charge in [-0.05, 0) is 12.4 Å². The van der Waals surface area contributed by atoms with E-state index < -0.39 is 13.4 Å². The molecule has 12 heavy (non-hydrogen) atoms. The molecule has 0 bridgehead atoms. The molecule has 1 heterocycles. The van der Waals surface area contributed by atoms with Crippen molar-refractivity contribution in [3.63, 3.8) is 0 Å². The minimum absolute atomic E-state index is 0.0654. The van der Waals surface area contributed by atoms with Crippen molar-refractivity contribution in [2.24, 2.45) is 5.92 Å². The van der Waals surface area contributed by atoms with E-state index in [0.717, 1.165) is 4.90 Å². The molecule has 0 N–H and O–H groups in total. The first-order valence-corrected chi connectivity index (χ1v) is 3.87. The average Bonchev–Trinajstić information content (AvgIpc) is 2.06. The first-order chi connectivity index (χ1) is 5.38. The summed E-state index contributed by atoms with van der Waals surface area (Å²) in [6, 6.07) is 0. The minimum atomic E-state index is -4.86. The number of rotatable bonds is 2. The molecule has 1 saturated heterocycles. The third kappa shape index (κ3) is 2.42. The molecular weight excluding hydrogens is 170 g/mol. The second-order valence-corrected chi connectivity index (χ2v) is 3.32. The lowest BCUT2D eigenvalue weighted by atomic mass is 9.91. The Labute approximate surface area is 68.8 Å². The van der Waals surface area contributed by atoms with Gasteiger partial charge in [0, 0.05) is 13.0 Å². The normalized spacial score (nSPS) is 25.2. The minimum Gasteiger partial charge on any atom is -0.448 e. The van der Waals surface area contributed by atoms with Crippen molar-refractivity contribution in [2.75, 3.05) is 13.0 Å². The molecule has 1 rings (SSSR count). The summed E-state index contributed by atoms with van der Waals surface area (Å²) in [5.41, 5.74) is 0. The van der Waals surface area contributed by atoms with Gasteiger partial charge in [0.2, 0.25) is 5.91 Å². The molecule has 1 aliphatic rings. The Kier molecular flexibility index (Phi) is 2.35. The largest absolute Gasteiger partial charge is 0.497 e. The molecule has 0 aromatic carbocycles. The zero-order valence-corrected chi connectivity index (χ0v) is 6.77. The Morgan fingerprint density at radius 1 is 1.58 bits per heavy atom. The van der Waals surface area contributed by atoms with Crippen molar-refractivity contribution < 1.29 is 17.7 Å². The van der Waals surface area contributed by atoms with Crippen LogP contribution in [-0.2, 0) is 4.79 Å². The van der Waals surface area contributed by atoms with Crippen LogP contribution in [0.4, 0.5) is 12.9 Å². The van der Waals surface area contributed by atoms with Gasteiger partial charge in [0.05, 0.1) is 0 Å². The Morgan fingerprint density at radius 3 is 2.50 bits per heavy atom. The number of nitrogens with zero attached hydrogens (tertiary/aromatic N) is 1. The Balaban J connectivity index is 2.49. The van der Waals surface area contributed by atoms with Gasteiger partial charge >= 0.3 is 6.98 Å². The van der Waals surface area contributed by atoms with Crippen LogP contribution in [0.5, 0.6) is 0 Å². The predicted octanol–water partition coefficient (Wildman–Crippen LogP) is 1.24. The zero-order valence-electron chi connectivity index (χ0n) is 6.77. The number of hydrogen-bond donors (Lipinski definition) is 0. The molecule has 0 aliphatic carbocycles. The second kappa shape index (κ2) is 2.99. The summed E-state index contributed by atoms with van der Waals surface area (Å²) in [7, 11) is 0. The molecule has 1 aliphatic heterocycles. The smallest absolute Gasteiger partial charge is 0.448 e. The lowest BCUT2D eigenvalue weighted by molar-refractivity contribution is -0.127. The van der Waals surface area contributed by atoms with Crippen molar-refractivity contribution >= 4 is 12.9 Å². The Morgan fingerprint density at radius 2 is 2.17 bits per heavy atom. The van der Waals surface area contributed by atoms with Gasteiger partial charge in [-0.1, -0.05) is 6.92 Å². The van der Waals surface area contributed by atoms with Crippen LogP contribution in [0.1, 0.15) is 13.3 Å². The third-order valence-electron chi connectivity index (χ3n) is 1.84. The maximum atomic E-state index is 11.9. The molecule has 1 unspecified atom stereocenters. The first-order valence-electron chi connectivity index (χ1n) is 3.87. The highest BCUT2D eigenvalue weighted by molar-refractivity contribution is 6.58. The van der Waals surface area contributed by atoms with Crippen LogP contribution in [-0.4, -0.2) is 30.8 Å². The summed E-state index contributed by atoms with van der Waals surface area (Å²) in [4.78, 5) is 11.8. The summed E-state index contributed by atoms with van der Waals surface area (Å²) >= 11 is 0. The molecule has 0 aromatic rings. The summed E-state index contributed by atoms with van der Waals surface area (Å²) in [5.74, 6) is -0.308. The molecule has 1 amide bonds. The van der Waals surface area contributed by atoms with E-state index in [-0.39, 0.29) is 24.8 Å². The van der Waals surface area contributed by atoms with Crippen LogP contribution in [0, 0.1) is 5.92 Å². The standard InChI is InChI=1S/C6H10BF3NO/c1-5-2-6(12)11(3-5)4-7(8,9)10/h5H,2-4H2,1H3/q-1. The SMILES string of the molecule is CC1CC(=O)N(C[B-](F)(F)F)C1. The molecule has 6 heteroatoms. The number of likely N-dealkylation sites (tertiary alicyclic amines) is 1. The lowest BCUT2D eigenvalue weighted by Gasteiger charge is -2.23. The van der Waals surface area contributed by atoms with Gasteiger partial charge in [-0.25, -0.2) is 0 Å². The second-order valence-electron chi connectivity index (χ2n) is 3.32. The van der Waals surface area contributed by atoms with Gasteiger partial charge in [0.25, 0.3) is 0 Å². The van der Waals surface area contributed by atoms with Crippen LogP contribution in [0.15, 0.2) is 0 Å². The van der Waals surface area contributed by atoms with Crippen LogP contribution in [0.2, 0.25) is 0 Å². The molecule has 70 valence electrons. The highest BCUT2D eigenvalue weighted by Crippen LogP contribution is 2.20. The molecule has 0 spiro atoms. The predicted molar refractivity (Wildman–Crippen MR) is 39.4 cm³/mol. The van der Waals surface area contributed by atoms with E-state index in [1.54, 1.807) is 6.92 Å². The fraction of sp³-hybridized carbons (Fsp3) is 0.833. The van der Waals surface area contributed by atoms with Crippen molar-refractivity contribution in [3.8, 4) is 0 Å². The maximum Gasteiger partial charge on any atom is 0.497 e. The third-order valence-corrected chi connectivity index (χ3v) is 1.84. The van der Waals surface area contributed by atoms with Crippen LogP contribution in [0.25, 0.3) is 0 Å². The summed E-state index contributed by atoms with van der Waals surface area (Å²) in [6.45, 7) is -2.83. The number of carbonyl (C=O) groups excluding carboxylic acids is 1. The highest BCUT2D eigenvalue weighted by Gasteiger charge is 2.33. The molecular formula is C6H10BF3NO-. The first kappa shape index (κ1) is 9.41. The van der Waals surface area contributed by atoms with E-state index in [4.69, 9.17) is 0 Å². The number of halogens is 3. The zero-order chi connectivity index (χ0) is 9.35. The van der Waals surface area contributed by atoms with Crippen molar-refractivity contribution in [1.82, 2.24) is 4.90 Å². The summed E-state index contributed by atoms with van der Waals surface area (Å²) in [5, 5.41) is 0. The molecule has 2 nitrogen and oxygen atoms in total. The Bertz CT molecular complexity index is 194. The Hall–Kier alpha value is -0.675. The van der Waals surface area contributed by atoms with Gasteiger partial charge in [0.15, 0.2) is 0 Å². The summed E-state index contributed by atoms with van der Waals surface area (Å²) in [6.07, 6.45) is -0.782. The van der Waals surface area contributed by atoms with Gasteiger partial charge in [-0.15, -0.1) is 0 Å². The maximum absolute atomic E-state index is 11.9. The lowest BCUT2D eigenvalue weighted by Crippen LogP contribution is -2.38. The van der Waals surface area contributed by atoms with Gasteiger partial charge in [-0.3, -0.25) is 4.79 Å². The molecule has 0 radical (unpaired) electrons. The molecule has 1 atom stereocenters.